The Bertz CT molecular complexity index is 1380. The molecular formula is C27H25NO5. The second kappa shape index (κ2) is 8.64. The van der Waals surface area contributed by atoms with E-state index in [1.807, 2.05) is 55.5 Å². The average molecular weight is 443 g/mol. The van der Waals surface area contributed by atoms with E-state index < -0.39 is 0 Å². The van der Waals surface area contributed by atoms with Crippen molar-refractivity contribution in [3.8, 4) is 28.4 Å². The van der Waals surface area contributed by atoms with Gasteiger partial charge in [0.1, 0.15) is 29.6 Å². The highest BCUT2D eigenvalue weighted by Crippen LogP contribution is 2.38. The summed E-state index contributed by atoms with van der Waals surface area (Å²) >= 11 is 0. The molecule has 3 aromatic carbocycles. The predicted octanol–water partition coefficient (Wildman–Crippen LogP) is 5.14. The second-order valence-corrected chi connectivity index (χ2v) is 8.15. The van der Waals surface area contributed by atoms with E-state index in [9.17, 15) is 4.79 Å². The van der Waals surface area contributed by atoms with Gasteiger partial charge >= 0.3 is 5.63 Å². The van der Waals surface area contributed by atoms with Crippen molar-refractivity contribution in [3.05, 3.63) is 87.8 Å². The molecule has 0 atom stereocenters. The van der Waals surface area contributed by atoms with Crippen molar-refractivity contribution >= 4 is 11.0 Å². The Morgan fingerprint density at radius 2 is 1.82 bits per heavy atom. The van der Waals surface area contributed by atoms with E-state index in [-0.39, 0.29) is 5.63 Å². The number of rotatable bonds is 5. The van der Waals surface area contributed by atoms with Gasteiger partial charge in [0.2, 0.25) is 0 Å². The lowest BCUT2D eigenvalue weighted by atomic mass is 9.97. The van der Waals surface area contributed by atoms with Crippen LogP contribution in [-0.2, 0) is 13.1 Å². The molecule has 0 unspecified atom stereocenters. The molecule has 5 rings (SSSR count). The zero-order valence-corrected chi connectivity index (χ0v) is 18.9. The number of hydrogen-bond acceptors (Lipinski definition) is 6. The molecule has 0 saturated carbocycles. The van der Waals surface area contributed by atoms with Gasteiger partial charge in [0.25, 0.3) is 0 Å². The van der Waals surface area contributed by atoms with Crippen molar-refractivity contribution in [2.24, 2.45) is 0 Å². The highest BCUT2D eigenvalue weighted by atomic mass is 16.5. The molecule has 0 fully saturated rings. The molecule has 168 valence electrons. The van der Waals surface area contributed by atoms with Gasteiger partial charge in [-0.2, -0.15) is 0 Å². The zero-order chi connectivity index (χ0) is 22.9. The Balaban J connectivity index is 1.53. The molecule has 1 aliphatic heterocycles. The SMILES string of the molecule is COc1ccc(CN2COc3c(cc4c(-c5ccccc5)cc(=O)oc4c3C)C2)c(OC)c1. The summed E-state index contributed by atoms with van der Waals surface area (Å²) < 4.78 is 22.6. The summed E-state index contributed by atoms with van der Waals surface area (Å²) in [5.41, 5.74) is 5.01. The molecule has 0 radical (unpaired) electrons. The molecule has 4 aromatic rings. The summed E-state index contributed by atoms with van der Waals surface area (Å²) in [5, 5.41) is 0.907. The molecule has 0 aliphatic carbocycles. The number of ether oxygens (including phenoxy) is 3. The van der Waals surface area contributed by atoms with E-state index in [1.165, 1.54) is 0 Å². The molecule has 0 spiro atoms. The second-order valence-electron chi connectivity index (χ2n) is 8.15. The van der Waals surface area contributed by atoms with Crippen LogP contribution in [0.5, 0.6) is 17.2 Å². The summed E-state index contributed by atoms with van der Waals surface area (Å²) in [6, 6.07) is 19.4. The van der Waals surface area contributed by atoms with Crippen LogP contribution in [0.15, 0.2) is 69.9 Å². The molecule has 2 heterocycles. The fourth-order valence-electron chi connectivity index (χ4n) is 4.45. The van der Waals surface area contributed by atoms with E-state index >= 15 is 0 Å². The van der Waals surface area contributed by atoms with Crippen molar-refractivity contribution < 1.29 is 18.6 Å². The molecule has 6 nitrogen and oxygen atoms in total. The number of methoxy groups -OCH3 is 2. The van der Waals surface area contributed by atoms with Crippen LogP contribution >= 0.6 is 0 Å². The van der Waals surface area contributed by atoms with Crippen LogP contribution in [0.25, 0.3) is 22.1 Å². The fourth-order valence-corrected chi connectivity index (χ4v) is 4.45. The first-order chi connectivity index (χ1) is 16.1. The minimum Gasteiger partial charge on any atom is -0.497 e. The molecule has 0 amide bonds. The van der Waals surface area contributed by atoms with E-state index in [0.717, 1.165) is 50.5 Å². The fraction of sp³-hybridized carbons (Fsp3) is 0.222. The molecule has 0 N–H and O–H groups in total. The summed E-state index contributed by atoms with van der Waals surface area (Å²) in [6.07, 6.45) is 0. The maximum atomic E-state index is 12.3. The van der Waals surface area contributed by atoms with Crippen LogP contribution in [0.3, 0.4) is 0 Å². The van der Waals surface area contributed by atoms with Crippen LogP contribution in [-0.4, -0.2) is 25.9 Å². The van der Waals surface area contributed by atoms with Gasteiger partial charge < -0.3 is 18.6 Å². The third kappa shape index (κ3) is 3.94. The largest absolute Gasteiger partial charge is 0.497 e. The van der Waals surface area contributed by atoms with Crippen LogP contribution in [0.1, 0.15) is 16.7 Å². The predicted molar refractivity (Wildman–Crippen MR) is 127 cm³/mol. The van der Waals surface area contributed by atoms with Gasteiger partial charge in [0.05, 0.1) is 14.2 Å². The molecule has 1 aromatic heterocycles. The molecule has 33 heavy (non-hydrogen) atoms. The van der Waals surface area contributed by atoms with E-state index in [2.05, 4.69) is 11.0 Å². The number of fused-ring (bicyclic) bond motifs is 2. The Hall–Kier alpha value is -3.77. The first-order valence-electron chi connectivity index (χ1n) is 10.8. The van der Waals surface area contributed by atoms with Gasteiger partial charge in [-0.05, 0) is 30.2 Å². The van der Waals surface area contributed by atoms with Gasteiger partial charge in [0, 0.05) is 47.3 Å². The van der Waals surface area contributed by atoms with E-state index in [1.54, 1.807) is 20.3 Å². The van der Waals surface area contributed by atoms with Crippen molar-refractivity contribution in [2.75, 3.05) is 21.0 Å². The highest BCUT2D eigenvalue weighted by molar-refractivity contribution is 5.96. The minimum absolute atomic E-state index is 0.367. The lowest BCUT2D eigenvalue weighted by Gasteiger charge is -2.30. The van der Waals surface area contributed by atoms with Crippen LogP contribution in [0, 0.1) is 6.92 Å². The maximum Gasteiger partial charge on any atom is 0.336 e. The van der Waals surface area contributed by atoms with Crippen molar-refractivity contribution in [3.63, 3.8) is 0 Å². The van der Waals surface area contributed by atoms with E-state index in [0.29, 0.717) is 25.4 Å². The molecule has 0 saturated heterocycles. The summed E-state index contributed by atoms with van der Waals surface area (Å²) in [5.74, 6) is 2.32. The summed E-state index contributed by atoms with van der Waals surface area (Å²) in [4.78, 5) is 14.5. The molecule has 1 aliphatic rings. The lowest BCUT2D eigenvalue weighted by Crippen LogP contribution is -2.32. The van der Waals surface area contributed by atoms with Gasteiger partial charge in [-0.1, -0.05) is 36.4 Å². The first-order valence-corrected chi connectivity index (χ1v) is 10.8. The molecular weight excluding hydrogens is 418 g/mol. The Labute approximate surface area is 191 Å². The zero-order valence-electron chi connectivity index (χ0n) is 18.9. The third-order valence-electron chi connectivity index (χ3n) is 6.05. The van der Waals surface area contributed by atoms with Crippen molar-refractivity contribution in [1.82, 2.24) is 4.90 Å². The Kier molecular flexibility index (Phi) is 5.52. The van der Waals surface area contributed by atoms with Crippen LogP contribution in [0.4, 0.5) is 0 Å². The average Bonchev–Trinajstić information content (AvgIpc) is 2.85. The minimum atomic E-state index is -0.367. The van der Waals surface area contributed by atoms with Crippen LogP contribution in [0.2, 0.25) is 0 Å². The quantitative estimate of drug-likeness (QED) is 0.398. The summed E-state index contributed by atoms with van der Waals surface area (Å²) in [6.45, 7) is 3.74. The smallest absolute Gasteiger partial charge is 0.336 e. The van der Waals surface area contributed by atoms with Crippen molar-refractivity contribution in [2.45, 2.75) is 20.0 Å². The highest BCUT2D eigenvalue weighted by Gasteiger charge is 2.24. The van der Waals surface area contributed by atoms with Gasteiger partial charge in [-0.15, -0.1) is 0 Å². The third-order valence-corrected chi connectivity index (χ3v) is 6.05. The van der Waals surface area contributed by atoms with Crippen LogP contribution < -0.4 is 19.8 Å². The van der Waals surface area contributed by atoms with E-state index in [4.69, 9.17) is 18.6 Å². The molecule has 0 bridgehead atoms. The van der Waals surface area contributed by atoms with Crippen molar-refractivity contribution in [1.29, 1.82) is 0 Å². The number of benzene rings is 3. The Morgan fingerprint density at radius 1 is 1.00 bits per heavy atom. The van der Waals surface area contributed by atoms with Gasteiger partial charge in [-0.3, -0.25) is 4.90 Å². The number of hydrogen-bond donors (Lipinski definition) is 0. The topological polar surface area (TPSA) is 61.1 Å². The Morgan fingerprint density at radius 3 is 2.58 bits per heavy atom. The standard InChI is InChI=1S/C27H25NO5/c1-17-26-20(11-23-22(13-25(29)33-27(17)23)18-7-5-4-6-8-18)15-28(16-32-26)14-19-9-10-21(30-2)12-24(19)31-3/h4-13H,14-16H2,1-3H3. The van der Waals surface area contributed by atoms with Gasteiger partial charge in [0.15, 0.2) is 0 Å². The normalized spacial score (nSPS) is 13.4. The monoisotopic (exact) mass is 443 g/mol. The number of nitrogens with zero attached hydrogens (tertiary/aromatic N) is 1. The lowest BCUT2D eigenvalue weighted by molar-refractivity contribution is 0.0873. The first kappa shape index (κ1) is 21.1. The summed E-state index contributed by atoms with van der Waals surface area (Å²) in [7, 11) is 3.30. The van der Waals surface area contributed by atoms with Gasteiger partial charge in [-0.25, -0.2) is 4.79 Å². The number of aryl methyl sites for hydroxylation is 1. The maximum absolute atomic E-state index is 12.3. The molecule has 6 heteroatoms.